The number of aryl methyl sites for hydroxylation is 2. The number of rotatable bonds is 9. The van der Waals surface area contributed by atoms with E-state index in [1.165, 1.54) is 23.4 Å². The highest BCUT2D eigenvalue weighted by atomic mass is 16.5. The maximum Gasteiger partial charge on any atom is 0.277 e. The molecule has 0 aliphatic rings. The highest BCUT2D eigenvalue weighted by molar-refractivity contribution is 5.86. The molecule has 3 aromatic carbocycles. The molecule has 34 heavy (non-hydrogen) atoms. The lowest BCUT2D eigenvalue weighted by Crippen LogP contribution is -2.24. The van der Waals surface area contributed by atoms with Gasteiger partial charge in [-0.3, -0.25) is 4.79 Å². The number of phenols is 1. The molecule has 1 amide bonds. The molecule has 176 valence electrons. The van der Waals surface area contributed by atoms with Gasteiger partial charge in [0.15, 0.2) is 6.61 Å². The molecule has 0 fully saturated rings. The molecule has 0 saturated heterocycles. The van der Waals surface area contributed by atoms with Crippen LogP contribution >= 0.6 is 0 Å². The van der Waals surface area contributed by atoms with Crippen LogP contribution in [0.25, 0.3) is 0 Å². The number of hydrazone groups is 1. The zero-order valence-electron chi connectivity index (χ0n) is 19.9. The van der Waals surface area contributed by atoms with Gasteiger partial charge in [0.25, 0.3) is 5.91 Å². The van der Waals surface area contributed by atoms with E-state index in [4.69, 9.17) is 4.74 Å². The van der Waals surface area contributed by atoms with Gasteiger partial charge >= 0.3 is 0 Å². The number of hydrogen-bond donors (Lipinski definition) is 2. The summed E-state index contributed by atoms with van der Waals surface area (Å²) in [7, 11) is 0. The predicted octanol–water partition coefficient (Wildman–Crippen LogP) is 6.47. The average molecular weight is 459 g/mol. The van der Waals surface area contributed by atoms with Crippen LogP contribution in [-0.4, -0.2) is 23.8 Å². The smallest absolute Gasteiger partial charge is 0.277 e. The van der Waals surface area contributed by atoms with Crippen molar-refractivity contribution in [1.82, 2.24) is 5.43 Å². The van der Waals surface area contributed by atoms with Gasteiger partial charge in [-0.15, -0.1) is 0 Å². The molecule has 0 heterocycles. The summed E-state index contributed by atoms with van der Waals surface area (Å²) in [6.07, 6.45) is 2.41. The van der Waals surface area contributed by atoms with Gasteiger partial charge in [0, 0.05) is 5.56 Å². The number of amides is 1. The number of carbonyl (C=O) groups is 1. The molecule has 2 N–H and O–H groups in total. The molecular weight excluding hydrogens is 428 g/mol. The van der Waals surface area contributed by atoms with Crippen molar-refractivity contribution in [2.24, 2.45) is 15.3 Å². The van der Waals surface area contributed by atoms with Crippen LogP contribution < -0.4 is 10.2 Å². The second-order valence-corrected chi connectivity index (χ2v) is 8.17. The standard InChI is InChI=1S/C27H30N4O3/c1-5-18(2)21-7-11-25(12-8-21)34-17-27(33)31-28-16-22-15-24(10-13-26(22)32)30-29-23-9-6-19(3)20(4)14-23/h6-16,18,32H,5,17H2,1-4H3,(H,31,33)/b28-16-,30-29?/t18-/m0/s1. The maximum absolute atomic E-state index is 12.0. The number of nitrogens with zero attached hydrogens (tertiary/aromatic N) is 3. The fourth-order valence-corrected chi connectivity index (χ4v) is 3.09. The first kappa shape index (κ1) is 24.6. The second-order valence-electron chi connectivity index (χ2n) is 8.17. The van der Waals surface area contributed by atoms with Crippen LogP contribution in [0.3, 0.4) is 0 Å². The summed E-state index contributed by atoms with van der Waals surface area (Å²) in [5, 5.41) is 22.5. The number of phenolic OH excluding ortho intramolecular Hbond substituents is 1. The lowest BCUT2D eigenvalue weighted by atomic mass is 9.99. The Hall–Kier alpha value is -4.00. The number of benzene rings is 3. The van der Waals surface area contributed by atoms with Gasteiger partial charge in [0.2, 0.25) is 0 Å². The molecule has 3 aromatic rings. The van der Waals surface area contributed by atoms with Crippen molar-refractivity contribution >= 4 is 23.5 Å². The summed E-state index contributed by atoms with van der Waals surface area (Å²) in [5.74, 6) is 0.702. The predicted molar refractivity (Wildman–Crippen MR) is 135 cm³/mol. The minimum atomic E-state index is -0.410. The minimum absolute atomic E-state index is 0.0146. The van der Waals surface area contributed by atoms with Crippen LogP contribution in [0.1, 0.15) is 48.4 Å². The Kier molecular flexibility index (Phi) is 8.51. The van der Waals surface area contributed by atoms with Crippen molar-refractivity contribution in [1.29, 1.82) is 0 Å². The van der Waals surface area contributed by atoms with Crippen LogP contribution in [-0.2, 0) is 4.79 Å². The second kappa shape index (κ2) is 11.7. The van der Waals surface area contributed by atoms with Crippen LogP contribution in [0.2, 0.25) is 0 Å². The lowest BCUT2D eigenvalue weighted by molar-refractivity contribution is -0.123. The first-order chi connectivity index (χ1) is 16.4. The number of aromatic hydroxyl groups is 1. The van der Waals surface area contributed by atoms with Crippen LogP contribution in [0.4, 0.5) is 11.4 Å². The third kappa shape index (κ3) is 7.00. The molecule has 0 spiro atoms. The molecule has 0 bridgehead atoms. The van der Waals surface area contributed by atoms with E-state index in [1.807, 2.05) is 56.3 Å². The summed E-state index contributed by atoms with van der Waals surface area (Å²) in [6, 6.07) is 18.4. The van der Waals surface area contributed by atoms with Crippen molar-refractivity contribution in [2.75, 3.05) is 6.61 Å². The molecule has 7 heteroatoms. The van der Waals surface area contributed by atoms with Crippen molar-refractivity contribution in [3.05, 3.63) is 82.9 Å². The average Bonchev–Trinajstić information content (AvgIpc) is 2.85. The van der Waals surface area contributed by atoms with E-state index >= 15 is 0 Å². The van der Waals surface area contributed by atoms with Gasteiger partial charge in [-0.1, -0.05) is 32.0 Å². The monoisotopic (exact) mass is 458 g/mol. The van der Waals surface area contributed by atoms with Gasteiger partial charge in [-0.2, -0.15) is 15.3 Å². The molecule has 0 saturated carbocycles. The lowest BCUT2D eigenvalue weighted by Gasteiger charge is -2.10. The third-order valence-electron chi connectivity index (χ3n) is 5.61. The highest BCUT2D eigenvalue weighted by Gasteiger charge is 2.06. The molecular formula is C27H30N4O3. The van der Waals surface area contributed by atoms with E-state index < -0.39 is 5.91 Å². The first-order valence-corrected chi connectivity index (χ1v) is 11.2. The van der Waals surface area contributed by atoms with E-state index in [9.17, 15) is 9.90 Å². The molecule has 0 radical (unpaired) electrons. The Morgan fingerprint density at radius 3 is 2.35 bits per heavy atom. The molecule has 1 atom stereocenters. The fourth-order valence-electron chi connectivity index (χ4n) is 3.09. The van der Waals surface area contributed by atoms with Gasteiger partial charge in [0.05, 0.1) is 17.6 Å². The SMILES string of the molecule is CC[C@H](C)c1ccc(OCC(=O)N/N=C\c2cc(N=Nc3ccc(C)c(C)c3)ccc2O)cc1. The largest absolute Gasteiger partial charge is 0.507 e. The molecule has 7 nitrogen and oxygen atoms in total. The zero-order chi connectivity index (χ0) is 24.5. The number of hydrogen-bond acceptors (Lipinski definition) is 6. The van der Waals surface area contributed by atoms with Crippen molar-refractivity contribution < 1.29 is 14.6 Å². The molecule has 0 unspecified atom stereocenters. The van der Waals surface area contributed by atoms with Crippen molar-refractivity contribution in [2.45, 2.75) is 40.0 Å². The van der Waals surface area contributed by atoms with Crippen molar-refractivity contribution in [3.8, 4) is 11.5 Å². The molecule has 0 aliphatic carbocycles. The number of nitrogens with one attached hydrogen (secondary N) is 1. The summed E-state index contributed by atoms with van der Waals surface area (Å²) >= 11 is 0. The minimum Gasteiger partial charge on any atom is -0.507 e. The Bertz CT molecular complexity index is 1190. The highest BCUT2D eigenvalue weighted by Crippen LogP contribution is 2.25. The van der Waals surface area contributed by atoms with E-state index in [-0.39, 0.29) is 12.4 Å². The number of azo groups is 1. The topological polar surface area (TPSA) is 95.6 Å². The molecule has 0 aliphatic heterocycles. The quantitative estimate of drug-likeness (QED) is 0.219. The van der Waals surface area contributed by atoms with Crippen LogP contribution in [0, 0.1) is 13.8 Å². The van der Waals surface area contributed by atoms with E-state index in [2.05, 4.69) is 34.6 Å². The van der Waals surface area contributed by atoms with E-state index in [0.29, 0.717) is 22.9 Å². The number of ether oxygens (including phenoxy) is 1. The van der Waals surface area contributed by atoms with Crippen LogP contribution in [0.15, 0.2) is 76.0 Å². The summed E-state index contributed by atoms with van der Waals surface area (Å²) in [4.78, 5) is 12.0. The Morgan fingerprint density at radius 1 is 1.00 bits per heavy atom. The van der Waals surface area contributed by atoms with Gasteiger partial charge in [-0.05, 0) is 85.3 Å². The van der Waals surface area contributed by atoms with Crippen LogP contribution in [0.5, 0.6) is 11.5 Å². The normalized spacial score (nSPS) is 12.2. The van der Waals surface area contributed by atoms with Gasteiger partial charge in [0.1, 0.15) is 11.5 Å². The summed E-state index contributed by atoms with van der Waals surface area (Å²) in [5.41, 5.74) is 7.65. The van der Waals surface area contributed by atoms with Gasteiger partial charge < -0.3 is 9.84 Å². The molecule has 3 rings (SSSR count). The Labute approximate surface area is 200 Å². The fraction of sp³-hybridized carbons (Fsp3) is 0.259. The van der Waals surface area contributed by atoms with Gasteiger partial charge in [-0.25, -0.2) is 5.43 Å². The first-order valence-electron chi connectivity index (χ1n) is 11.2. The third-order valence-corrected chi connectivity index (χ3v) is 5.61. The number of carbonyl (C=O) groups excluding carboxylic acids is 1. The Morgan fingerprint density at radius 2 is 1.68 bits per heavy atom. The Balaban J connectivity index is 1.54. The van der Waals surface area contributed by atoms with Crippen molar-refractivity contribution in [3.63, 3.8) is 0 Å². The maximum atomic E-state index is 12.0. The van der Waals surface area contributed by atoms with E-state index in [0.717, 1.165) is 17.7 Å². The van der Waals surface area contributed by atoms with E-state index in [1.54, 1.807) is 12.1 Å². The molecule has 0 aromatic heterocycles. The summed E-state index contributed by atoms with van der Waals surface area (Å²) < 4.78 is 5.51. The zero-order valence-corrected chi connectivity index (χ0v) is 19.9. The summed E-state index contributed by atoms with van der Waals surface area (Å²) in [6.45, 7) is 8.20.